The average molecular weight is 664 g/mol. The predicted molar refractivity (Wildman–Crippen MR) is 162 cm³/mol. The fourth-order valence-corrected chi connectivity index (χ4v) is 3.36. The summed E-state index contributed by atoms with van der Waals surface area (Å²) in [5.74, 6) is -0.676. The Morgan fingerprint density at radius 3 is 1.26 bits per heavy atom. The van der Waals surface area contributed by atoms with E-state index in [9.17, 15) is 19.7 Å². The van der Waals surface area contributed by atoms with E-state index in [4.69, 9.17) is 52.5 Å². The summed E-state index contributed by atoms with van der Waals surface area (Å²) in [7, 11) is 0. The van der Waals surface area contributed by atoms with Crippen molar-refractivity contribution in [3.05, 3.63) is 34.4 Å². The molecule has 0 spiro atoms. The molecule has 0 heterocycles. The number of unbranched alkanes of at least 4 members (excludes halogenated alkanes) is 1. The number of carboxylic acid groups (broad SMARTS) is 1. The first kappa shape index (κ1) is 41.1. The van der Waals surface area contributed by atoms with Crippen molar-refractivity contribution in [2.75, 3.05) is 119 Å². The molecule has 0 amide bonds. The zero-order chi connectivity index (χ0) is 33.3. The van der Waals surface area contributed by atoms with Crippen molar-refractivity contribution in [3.63, 3.8) is 0 Å². The summed E-state index contributed by atoms with van der Waals surface area (Å²) in [6, 6.07) is 5.88. The highest BCUT2D eigenvalue weighted by molar-refractivity contribution is 5.69. The highest BCUT2D eigenvalue weighted by Crippen LogP contribution is 2.17. The van der Waals surface area contributed by atoms with Crippen LogP contribution in [0.25, 0.3) is 0 Å². The number of hydrogen-bond donors (Lipinski definition) is 1. The number of nitro benzene ring substituents is 1. The number of esters is 1. The number of rotatable bonds is 34. The van der Waals surface area contributed by atoms with Crippen molar-refractivity contribution in [1.82, 2.24) is 0 Å². The first-order valence-electron chi connectivity index (χ1n) is 15.4. The van der Waals surface area contributed by atoms with Gasteiger partial charge < -0.3 is 52.5 Å². The topological polar surface area (TPSA) is 190 Å². The van der Waals surface area contributed by atoms with Gasteiger partial charge in [-0.15, -0.1) is 0 Å². The SMILES string of the molecule is O=C(O)CCCCC(=O)OCCOCCOCCOCCOCCOCCOCCOCCOCCOc1ccc([N+](=O)[O-])cc1. The number of carbonyl (C=O) groups is 2. The molecule has 0 fully saturated rings. The van der Waals surface area contributed by atoms with Crippen LogP contribution in [0.4, 0.5) is 5.69 Å². The largest absolute Gasteiger partial charge is 0.491 e. The second-order valence-corrected chi connectivity index (χ2v) is 9.32. The quantitative estimate of drug-likeness (QED) is 0.0489. The van der Waals surface area contributed by atoms with Crippen LogP contribution >= 0.6 is 0 Å². The van der Waals surface area contributed by atoms with Gasteiger partial charge >= 0.3 is 11.9 Å². The molecule has 0 atom stereocenters. The Labute approximate surface area is 269 Å². The lowest BCUT2D eigenvalue weighted by atomic mass is 10.2. The van der Waals surface area contributed by atoms with E-state index < -0.39 is 10.9 Å². The standard InChI is InChI=1S/C30H49NO15/c32-29(33)3-1-2-4-30(34)46-26-24-44-22-20-42-18-16-40-14-12-38-10-9-37-11-13-39-15-17-41-19-21-43-23-25-45-28-7-5-27(6-8-28)31(35)36/h5-8H,1-4,9-26H2,(H,32,33). The Morgan fingerprint density at radius 2 is 0.891 bits per heavy atom. The van der Waals surface area contributed by atoms with Crippen LogP contribution in [0.1, 0.15) is 25.7 Å². The van der Waals surface area contributed by atoms with E-state index in [1.165, 1.54) is 12.1 Å². The number of benzene rings is 1. The van der Waals surface area contributed by atoms with Crippen molar-refractivity contribution in [3.8, 4) is 5.75 Å². The van der Waals surface area contributed by atoms with Crippen LogP contribution in [0.3, 0.4) is 0 Å². The monoisotopic (exact) mass is 663 g/mol. The Balaban J connectivity index is 1.68. The van der Waals surface area contributed by atoms with E-state index in [0.29, 0.717) is 124 Å². The molecule has 0 aromatic heterocycles. The summed E-state index contributed by atoms with van der Waals surface area (Å²) in [5, 5.41) is 19.2. The molecule has 16 heteroatoms. The molecule has 0 aliphatic rings. The molecule has 0 saturated heterocycles. The maximum Gasteiger partial charge on any atom is 0.305 e. The van der Waals surface area contributed by atoms with Gasteiger partial charge in [0.15, 0.2) is 0 Å². The number of carbonyl (C=O) groups excluding carboxylic acids is 1. The molecule has 0 unspecified atom stereocenters. The van der Waals surface area contributed by atoms with Gasteiger partial charge in [-0.1, -0.05) is 0 Å². The maximum atomic E-state index is 11.5. The van der Waals surface area contributed by atoms with Crippen LogP contribution in [-0.2, 0) is 52.2 Å². The van der Waals surface area contributed by atoms with Crippen LogP contribution in [0, 0.1) is 10.1 Å². The smallest absolute Gasteiger partial charge is 0.305 e. The molecule has 0 aliphatic carbocycles. The first-order valence-corrected chi connectivity index (χ1v) is 15.4. The third kappa shape index (κ3) is 27.4. The van der Waals surface area contributed by atoms with Crippen LogP contribution in [0.2, 0.25) is 0 Å². The lowest BCUT2D eigenvalue weighted by Gasteiger charge is -2.09. The second-order valence-electron chi connectivity index (χ2n) is 9.32. The van der Waals surface area contributed by atoms with Crippen LogP contribution < -0.4 is 4.74 Å². The van der Waals surface area contributed by atoms with Gasteiger partial charge in [-0.3, -0.25) is 19.7 Å². The number of hydrogen-bond acceptors (Lipinski definition) is 14. The fraction of sp³-hybridized carbons (Fsp3) is 0.733. The molecular formula is C30H49NO15. The number of nitrogens with zero attached hydrogens (tertiary/aromatic N) is 1. The van der Waals surface area contributed by atoms with Gasteiger partial charge in [0, 0.05) is 25.0 Å². The van der Waals surface area contributed by atoms with E-state index in [1.807, 2.05) is 0 Å². The third-order valence-corrected chi connectivity index (χ3v) is 5.66. The van der Waals surface area contributed by atoms with Crippen LogP contribution in [-0.4, -0.2) is 141 Å². The van der Waals surface area contributed by atoms with Crippen molar-refractivity contribution < 1.29 is 67.0 Å². The van der Waals surface area contributed by atoms with E-state index in [-0.39, 0.29) is 37.7 Å². The van der Waals surface area contributed by atoms with Crippen LogP contribution in [0.5, 0.6) is 5.75 Å². The zero-order valence-electron chi connectivity index (χ0n) is 26.5. The van der Waals surface area contributed by atoms with E-state index in [2.05, 4.69) is 0 Å². The average Bonchev–Trinajstić information content (AvgIpc) is 3.04. The van der Waals surface area contributed by atoms with Gasteiger partial charge in [0.1, 0.15) is 19.0 Å². The summed E-state index contributed by atoms with van der Waals surface area (Å²) in [6.07, 6.45) is 1.21. The van der Waals surface area contributed by atoms with Crippen molar-refractivity contribution in [1.29, 1.82) is 0 Å². The fourth-order valence-electron chi connectivity index (χ4n) is 3.36. The lowest BCUT2D eigenvalue weighted by molar-refractivity contribution is -0.384. The van der Waals surface area contributed by atoms with Crippen LogP contribution in [0.15, 0.2) is 24.3 Å². The molecule has 16 nitrogen and oxygen atoms in total. The summed E-state index contributed by atoms with van der Waals surface area (Å²) >= 11 is 0. The highest BCUT2D eigenvalue weighted by atomic mass is 16.6. The van der Waals surface area contributed by atoms with Gasteiger partial charge in [-0.2, -0.15) is 0 Å². The van der Waals surface area contributed by atoms with Gasteiger partial charge in [0.05, 0.1) is 111 Å². The minimum absolute atomic E-state index is 0.0178. The number of ether oxygens (including phenoxy) is 10. The van der Waals surface area contributed by atoms with E-state index in [0.717, 1.165) is 0 Å². The Morgan fingerprint density at radius 1 is 0.543 bits per heavy atom. The molecule has 1 aromatic carbocycles. The minimum Gasteiger partial charge on any atom is -0.491 e. The van der Waals surface area contributed by atoms with Crippen molar-refractivity contribution in [2.45, 2.75) is 25.7 Å². The number of carboxylic acids is 1. The maximum absolute atomic E-state index is 11.5. The highest BCUT2D eigenvalue weighted by Gasteiger charge is 2.05. The second kappa shape index (κ2) is 30.7. The number of non-ortho nitro benzene ring substituents is 1. The summed E-state index contributed by atoms with van der Waals surface area (Å²) < 4.78 is 53.8. The van der Waals surface area contributed by atoms with Gasteiger partial charge in [-0.05, 0) is 25.0 Å². The first-order chi connectivity index (χ1) is 22.5. The normalized spacial score (nSPS) is 11.0. The summed E-state index contributed by atoms with van der Waals surface area (Å²) in [5.41, 5.74) is 0.0178. The Kier molecular flexibility index (Phi) is 27.4. The summed E-state index contributed by atoms with van der Waals surface area (Å²) in [4.78, 5) is 32.0. The zero-order valence-corrected chi connectivity index (χ0v) is 26.5. The molecule has 264 valence electrons. The lowest BCUT2D eigenvalue weighted by Crippen LogP contribution is -2.15. The molecule has 0 aliphatic heterocycles. The molecular weight excluding hydrogens is 614 g/mol. The minimum atomic E-state index is -0.868. The van der Waals surface area contributed by atoms with Crippen molar-refractivity contribution in [2.24, 2.45) is 0 Å². The van der Waals surface area contributed by atoms with E-state index >= 15 is 0 Å². The molecule has 1 aromatic rings. The van der Waals surface area contributed by atoms with Crippen molar-refractivity contribution >= 4 is 17.6 Å². The molecule has 0 saturated carbocycles. The van der Waals surface area contributed by atoms with Gasteiger partial charge in [0.25, 0.3) is 5.69 Å². The Bertz CT molecular complexity index is 888. The van der Waals surface area contributed by atoms with E-state index in [1.54, 1.807) is 12.1 Å². The third-order valence-electron chi connectivity index (χ3n) is 5.66. The molecule has 0 radical (unpaired) electrons. The number of aliphatic carboxylic acids is 1. The van der Waals surface area contributed by atoms with Gasteiger partial charge in [0.2, 0.25) is 0 Å². The number of nitro groups is 1. The molecule has 0 bridgehead atoms. The molecule has 1 N–H and O–H groups in total. The predicted octanol–water partition coefficient (Wildman–Crippen LogP) is 2.29. The van der Waals surface area contributed by atoms with Gasteiger partial charge in [-0.25, -0.2) is 0 Å². The summed E-state index contributed by atoms with van der Waals surface area (Å²) in [6.45, 7) is 7.29. The Hall–Kier alpha value is -2.96. The molecule has 1 rings (SSSR count). The molecule has 46 heavy (non-hydrogen) atoms.